The highest BCUT2D eigenvalue weighted by Gasteiger charge is 2.38. The third-order valence-corrected chi connectivity index (χ3v) is 2.82. The van der Waals surface area contributed by atoms with Crippen LogP contribution in [0.2, 0.25) is 0 Å². The third-order valence-electron chi connectivity index (χ3n) is 2.82. The van der Waals surface area contributed by atoms with Crippen molar-refractivity contribution >= 4 is 17.6 Å². The number of anilines is 1. The molecule has 1 N–H and O–H groups in total. The van der Waals surface area contributed by atoms with Gasteiger partial charge in [0, 0.05) is 31.8 Å². The quantitative estimate of drug-likeness (QED) is 0.515. The van der Waals surface area contributed by atoms with Crippen molar-refractivity contribution in [2.75, 3.05) is 12.4 Å². The minimum absolute atomic E-state index is 0.248. The molecule has 7 nitrogen and oxygen atoms in total. The lowest BCUT2D eigenvalue weighted by molar-refractivity contribution is -0.222. The Balaban J connectivity index is 2.20. The van der Waals surface area contributed by atoms with Crippen molar-refractivity contribution in [2.24, 2.45) is 0 Å². The molecular formula is C15H14N2O5. The van der Waals surface area contributed by atoms with Crippen LogP contribution in [0.3, 0.4) is 0 Å². The van der Waals surface area contributed by atoms with Gasteiger partial charge in [0.25, 0.3) is 5.79 Å². The Hall–Kier alpha value is -3.01. The van der Waals surface area contributed by atoms with E-state index in [0.717, 1.165) is 0 Å². The molecule has 0 bridgehead atoms. The molecule has 0 atom stereocenters. The van der Waals surface area contributed by atoms with Crippen LogP contribution >= 0.6 is 0 Å². The number of nitriles is 1. The molecule has 1 fully saturated rings. The highest BCUT2D eigenvalue weighted by Crippen LogP contribution is 2.25. The van der Waals surface area contributed by atoms with Gasteiger partial charge in [-0.25, -0.2) is 9.59 Å². The topological polar surface area (TPSA) is 97.7 Å². The zero-order valence-electron chi connectivity index (χ0n) is 12.3. The van der Waals surface area contributed by atoms with Crippen LogP contribution in [0.4, 0.5) is 5.69 Å². The van der Waals surface area contributed by atoms with E-state index in [4.69, 9.17) is 19.5 Å². The Morgan fingerprint density at radius 2 is 1.91 bits per heavy atom. The predicted octanol–water partition coefficient (Wildman–Crippen LogP) is 1.70. The second kappa shape index (κ2) is 5.77. The third kappa shape index (κ3) is 3.17. The molecule has 0 aliphatic carbocycles. The highest BCUT2D eigenvalue weighted by molar-refractivity contribution is 6.15. The molecule has 22 heavy (non-hydrogen) atoms. The van der Waals surface area contributed by atoms with Crippen molar-refractivity contribution in [2.45, 2.75) is 19.6 Å². The minimum Gasteiger partial charge on any atom is -0.495 e. The lowest BCUT2D eigenvalue weighted by Gasteiger charge is -2.29. The van der Waals surface area contributed by atoms with Crippen LogP contribution in [0.1, 0.15) is 19.4 Å². The maximum atomic E-state index is 11.8. The molecule has 2 rings (SSSR count). The van der Waals surface area contributed by atoms with Crippen LogP contribution in [0.25, 0.3) is 0 Å². The van der Waals surface area contributed by atoms with Crippen molar-refractivity contribution < 1.29 is 23.8 Å². The number of carbonyl (C=O) groups is 2. The van der Waals surface area contributed by atoms with Crippen molar-refractivity contribution in [3.63, 3.8) is 0 Å². The van der Waals surface area contributed by atoms with Gasteiger partial charge in [-0.3, -0.25) is 0 Å². The van der Waals surface area contributed by atoms with Crippen LogP contribution < -0.4 is 10.1 Å². The second-order valence-electron chi connectivity index (χ2n) is 4.91. The first-order chi connectivity index (χ1) is 10.4. The molecule has 1 aromatic rings. The number of nitrogens with one attached hydrogen (secondary N) is 1. The average Bonchev–Trinajstić information content (AvgIpc) is 2.44. The second-order valence-corrected chi connectivity index (χ2v) is 4.91. The number of ether oxygens (including phenoxy) is 3. The van der Waals surface area contributed by atoms with E-state index in [1.807, 2.05) is 6.07 Å². The average molecular weight is 302 g/mol. The summed E-state index contributed by atoms with van der Waals surface area (Å²) in [5, 5.41) is 11.7. The summed E-state index contributed by atoms with van der Waals surface area (Å²) in [5.41, 5.74) is 0.662. The number of carbonyl (C=O) groups excluding carboxylic acids is 2. The molecule has 0 unspecified atom stereocenters. The van der Waals surface area contributed by atoms with Crippen molar-refractivity contribution in [3.05, 3.63) is 35.5 Å². The smallest absolute Gasteiger partial charge is 0.350 e. The summed E-state index contributed by atoms with van der Waals surface area (Å²) < 4.78 is 15.0. The van der Waals surface area contributed by atoms with Gasteiger partial charge < -0.3 is 19.5 Å². The molecule has 1 saturated heterocycles. The first-order valence-electron chi connectivity index (χ1n) is 6.38. The zero-order valence-corrected chi connectivity index (χ0v) is 12.3. The number of cyclic esters (lactones) is 2. The summed E-state index contributed by atoms with van der Waals surface area (Å²) >= 11 is 0. The van der Waals surface area contributed by atoms with Crippen LogP contribution in [0.5, 0.6) is 5.75 Å². The first kappa shape index (κ1) is 15.4. The fourth-order valence-corrected chi connectivity index (χ4v) is 1.81. The summed E-state index contributed by atoms with van der Waals surface area (Å²) in [5.74, 6) is -2.44. The number of hydrogen-bond acceptors (Lipinski definition) is 7. The number of hydrogen-bond donors (Lipinski definition) is 1. The summed E-state index contributed by atoms with van der Waals surface area (Å²) in [4.78, 5) is 23.5. The van der Waals surface area contributed by atoms with Gasteiger partial charge in [-0.15, -0.1) is 0 Å². The van der Waals surface area contributed by atoms with E-state index >= 15 is 0 Å². The molecular weight excluding hydrogens is 288 g/mol. The van der Waals surface area contributed by atoms with Crippen molar-refractivity contribution in [1.82, 2.24) is 0 Å². The Morgan fingerprint density at radius 3 is 2.45 bits per heavy atom. The Bertz CT molecular complexity index is 678. The Labute approximate surface area is 127 Å². The van der Waals surface area contributed by atoms with Crippen molar-refractivity contribution in [3.8, 4) is 11.8 Å². The van der Waals surface area contributed by atoms with Crippen LogP contribution in [0, 0.1) is 11.3 Å². The van der Waals surface area contributed by atoms with Gasteiger partial charge in [-0.05, 0) is 12.1 Å². The number of rotatable bonds is 3. The molecule has 0 amide bonds. The van der Waals surface area contributed by atoms with Crippen LogP contribution in [0.15, 0.2) is 30.0 Å². The largest absolute Gasteiger partial charge is 0.495 e. The molecule has 0 saturated carbocycles. The van der Waals surface area contributed by atoms with Crippen molar-refractivity contribution in [1.29, 1.82) is 5.26 Å². The SMILES string of the molecule is COc1cc(NC=C2C(=O)OC(C)(C)OC2=O)ccc1C#N. The molecule has 1 aliphatic rings. The monoisotopic (exact) mass is 302 g/mol. The molecule has 7 heteroatoms. The van der Waals surface area contributed by atoms with E-state index in [2.05, 4.69) is 5.32 Å². The zero-order chi connectivity index (χ0) is 16.3. The van der Waals surface area contributed by atoms with E-state index in [0.29, 0.717) is 17.0 Å². The van der Waals surface area contributed by atoms with Gasteiger partial charge in [0.05, 0.1) is 12.7 Å². The maximum absolute atomic E-state index is 11.8. The summed E-state index contributed by atoms with van der Waals surface area (Å²) in [7, 11) is 1.44. The normalized spacial score (nSPS) is 16.2. The van der Waals surface area contributed by atoms with Crippen LogP contribution in [-0.2, 0) is 19.1 Å². The minimum atomic E-state index is -1.27. The summed E-state index contributed by atoms with van der Waals surface area (Å²) in [6.45, 7) is 2.94. The summed E-state index contributed by atoms with van der Waals surface area (Å²) in [6.07, 6.45) is 1.20. The first-order valence-corrected chi connectivity index (χ1v) is 6.38. The molecule has 1 heterocycles. The molecule has 0 aromatic heterocycles. The van der Waals surface area contributed by atoms with Gasteiger partial charge >= 0.3 is 11.9 Å². The molecule has 0 spiro atoms. The number of methoxy groups -OCH3 is 1. The fourth-order valence-electron chi connectivity index (χ4n) is 1.81. The fraction of sp³-hybridized carbons (Fsp3) is 0.267. The number of nitrogens with zero attached hydrogens (tertiary/aromatic N) is 1. The van der Waals surface area contributed by atoms with E-state index < -0.39 is 17.7 Å². The summed E-state index contributed by atoms with van der Waals surface area (Å²) in [6, 6.07) is 6.72. The van der Waals surface area contributed by atoms with Gasteiger partial charge in [0.2, 0.25) is 0 Å². The van der Waals surface area contributed by atoms with E-state index in [-0.39, 0.29) is 5.57 Å². The maximum Gasteiger partial charge on any atom is 0.350 e. The van der Waals surface area contributed by atoms with E-state index in [9.17, 15) is 9.59 Å². The molecule has 1 aromatic carbocycles. The lowest BCUT2D eigenvalue weighted by Crippen LogP contribution is -2.42. The van der Waals surface area contributed by atoms with Gasteiger partial charge in [0.15, 0.2) is 5.57 Å². The molecule has 0 radical (unpaired) electrons. The van der Waals surface area contributed by atoms with Crippen LogP contribution in [-0.4, -0.2) is 24.8 Å². The Morgan fingerprint density at radius 1 is 1.27 bits per heavy atom. The standard InChI is InChI=1S/C15H14N2O5/c1-15(2)21-13(18)11(14(19)22-15)8-17-10-5-4-9(7-16)12(6-10)20-3/h4-6,8,17H,1-3H3. The van der Waals surface area contributed by atoms with E-state index in [1.54, 1.807) is 18.2 Å². The number of esters is 2. The lowest BCUT2D eigenvalue weighted by atomic mass is 10.2. The van der Waals surface area contributed by atoms with E-state index in [1.165, 1.54) is 27.2 Å². The molecule has 1 aliphatic heterocycles. The predicted molar refractivity (Wildman–Crippen MR) is 75.7 cm³/mol. The highest BCUT2D eigenvalue weighted by atomic mass is 16.7. The van der Waals surface area contributed by atoms with Gasteiger partial charge in [-0.2, -0.15) is 5.26 Å². The van der Waals surface area contributed by atoms with Gasteiger partial charge in [-0.1, -0.05) is 0 Å². The molecule has 114 valence electrons. The number of benzene rings is 1. The Kier molecular flexibility index (Phi) is 4.04. The van der Waals surface area contributed by atoms with Gasteiger partial charge in [0.1, 0.15) is 11.8 Å².